The average molecular weight is 357 g/mol. The number of aliphatic carboxylic acids is 1. The second-order valence-electron chi connectivity index (χ2n) is 5.89. The predicted molar refractivity (Wildman–Crippen MR) is 97.9 cm³/mol. The highest BCUT2D eigenvalue weighted by molar-refractivity contribution is 5.95. The first-order chi connectivity index (χ1) is 12.5. The Bertz CT molecular complexity index is 753. The Kier molecular flexibility index (Phi) is 6.22. The van der Waals surface area contributed by atoms with E-state index in [1.165, 1.54) is 14.2 Å². The van der Waals surface area contributed by atoms with Gasteiger partial charge < -0.3 is 19.9 Å². The summed E-state index contributed by atoms with van der Waals surface area (Å²) in [5.41, 5.74) is -0.206. The molecule has 26 heavy (non-hydrogen) atoms. The molecule has 0 aliphatic rings. The van der Waals surface area contributed by atoms with Crippen LogP contribution >= 0.6 is 0 Å². The molecule has 2 rings (SSSR count). The second-order valence-corrected chi connectivity index (χ2v) is 5.89. The highest BCUT2D eigenvalue weighted by Gasteiger charge is 2.39. The molecule has 0 heterocycles. The lowest BCUT2D eigenvalue weighted by Gasteiger charge is -2.29. The van der Waals surface area contributed by atoms with E-state index < -0.39 is 17.3 Å². The molecule has 1 atom stereocenters. The van der Waals surface area contributed by atoms with Crippen molar-refractivity contribution in [1.82, 2.24) is 5.32 Å². The van der Waals surface area contributed by atoms with Crippen molar-refractivity contribution in [2.24, 2.45) is 0 Å². The number of carbonyl (C=O) groups is 2. The summed E-state index contributed by atoms with van der Waals surface area (Å²) in [5.74, 6) is -0.401. The van der Waals surface area contributed by atoms with Gasteiger partial charge in [0.1, 0.15) is 16.9 Å². The third-order valence-corrected chi connectivity index (χ3v) is 4.50. The fraction of sp³-hybridized carbons (Fsp3) is 0.300. The lowest BCUT2D eigenvalue weighted by atomic mass is 9.78. The number of nitrogens with one attached hydrogen (secondary N) is 1. The number of ether oxygens (including phenoxy) is 2. The molecule has 2 N–H and O–H groups in total. The first-order valence-corrected chi connectivity index (χ1v) is 8.27. The minimum Gasteiger partial charge on any atom is -0.497 e. The Morgan fingerprint density at radius 2 is 1.62 bits per heavy atom. The summed E-state index contributed by atoms with van der Waals surface area (Å²) in [4.78, 5) is 24.6. The van der Waals surface area contributed by atoms with Crippen molar-refractivity contribution < 1.29 is 24.2 Å². The molecule has 6 heteroatoms. The topological polar surface area (TPSA) is 84.9 Å². The summed E-state index contributed by atoms with van der Waals surface area (Å²) < 4.78 is 10.3. The van der Waals surface area contributed by atoms with Crippen LogP contribution < -0.4 is 14.8 Å². The second kappa shape index (κ2) is 8.38. The molecule has 0 aromatic heterocycles. The molecule has 0 fully saturated rings. The number of methoxy groups -OCH3 is 2. The Balaban J connectivity index is 2.27. The van der Waals surface area contributed by atoms with Crippen LogP contribution in [0.3, 0.4) is 0 Å². The minimum absolute atomic E-state index is 0.0266. The third-order valence-electron chi connectivity index (χ3n) is 4.50. The van der Waals surface area contributed by atoms with Crippen molar-refractivity contribution in [2.45, 2.75) is 18.8 Å². The number of carboxylic acids is 1. The van der Waals surface area contributed by atoms with Crippen LogP contribution in [0.15, 0.2) is 48.5 Å². The number of amides is 1. The van der Waals surface area contributed by atoms with E-state index in [4.69, 9.17) is 9.47 Å². The molecule has 1 amide bonds. The summed E-state index contributed by atoms with van der Waals surface area (Å²) in [5, 5.41) is 12.6. The van der Waals surface area contributed by atoms with Crippen molar-refractivity contribution in [2.75, 3.05) is 20.8 Å². The van der Waals surface area contributed by atoms with Gasteiger partial charge in [-0.2, -0.15) is 0 Å². The van der Waals surface area contributed by atoms with E-state index in [-0.39, 0.29) is 6.54 Å². The van der Waals surface area contributed by atoms with Crippen LogP contribution in [0, 0.1) is 0 Å². The molecule has 2 aromatic rings. The Morgan fingerprint density at radius 3 is 2.08 bits per heavy atom. The number of benzene rings is 2. The van der Waals surface area contributed by atoms with Crippen LogP contribution in [-0.4, -0.2) is 37.7 Å². The fourth-order valence-electron chi connectivity index (χ4n) is 2.81. The number of hydrogen-bond donors (Lipinski definition) is 2. The molecule has 138 valence electrons. The highest BCUT2D eigenvalue weighted by atomic mass is 16.5. The van der Waals surface area contributed by atoms with Gasteiger partial charge in [0.25, 0.3) is 5.91 Å². The van der Waals surface area contributed by atoms with Crippen molar-refractivity contribution in [1.29, 1.82) is 0 Å². The summed E-state index contributed by atoms with van der Waals surface area (Å²) in [6.07, 6.45) is 0.341. The molecule has 0 spiro atoms. The van der Waals surface area contributed by atoms with Gasteiger partial charge in [0.15, 0.2) is 0 Å². The summed E-state index contributed by atoms with van der Waals surface area (Å²) in [6.45, 7) is 1.77. The van der Waals surface area contributed by atoms with Gasteiger partial charge >= 0.3 is 5.97 Å². The maximum atomic E-state index is 12.6. The van der Waals surface area contributed by atoms with Crippen LogP contribution in [0.25, 0.3) is 0 Å². The van der Waals surface area contributed by atoms with E-state index >= 15 is 0 Å². The lowest BCUT2D eigenvalue weighted by Crippen LogP contribution is -2.46. The van der Waals surface area contributed by atoms with Gasteiger partial charge in [0, 0.05) is 18.2 Å². The molecule has 0 saturated carbocycles. The zero-order chi connectivity index (χ0) is 19.2. The van der Waals surface area contributed by atoms with Crippen LogP contribution in [0.1, 0.15) is 29.3 Å². The smallest absolute Gasteiger partial charge is 0.315 e. The average Bonchev–Trinajstić information content (AvgIpc) is 2.68. The third kappa shape index (κ3) is 3.96. The molecule has 1 unspecified atom stereocenters. The minimum atomic E-state index is -1.19. The summed E-state index contributed by atoms with van der Waals surface area (Å²) in [6, 6.07) is 13.7. The van der Waals surface area contributed by atoms with Gasteiger partial charge in [0.2, 0.25) is 0 Å². The van der Waals surface area contributed by atoms with E-state index in [9.17, 15) is 14.7 Å². The molecule has 2 aromatic carbocycles. The normalized spacial score (nSPS) is 12.7. The maximum Gasteiger partial charge on any atom is 0.315 e. The van der Waals surface area contributed by atoms with Crippen LogP contribution in [-0.2, 0) is 10.2 Å². The predicted octanol–water partition coefficient (Wildman–Crippen LogP) is 2.87. The maximum absolute atomic E-state index is 12.6. The zero-order valence-electron chi connectivity index (χ0n) is 15.1. The molecule has 0 saturated heterocycles. The zero-order valence-corrected chi connectivity index (χ0v) is 15.1. The SMILES string of the molecule is CCC(CNC(=O)c1cc(OC)cc(OC)c1)(C(=O)O)c1ccccc1. The fourth-order valence-corrected chi connectivity index (χ4v) is 2.81. The van der Waals surface area contributed by atoms with E-state index in [0.717, 1.165) is 0 Å². The summed E-state index contributed by atoms with van der Waals surface area (Å²) >= 11 is 0. The molecular formula is C20H23NO5. The standard InChI is InChI=1S/C20H23NO5/c1-4-20(19(23)24,15-8-6-5-7-9-15)13-21-18(22)14-10-16(25-2)12-17(11-14)26-3/h5-12H,4,13H2,1-3H3,(H,21,22)(H,23,24). The molecule has 0 radical (unpaired) electrons. The Hall–Kier alpha value is -3.02. The van der Waals surface area contributed by atoms with Crippen molar-refractivity contribution in [3.63, 3.8) is 0 Å². The first-order valence-electron chi connectivity index (χ1n) is 8.27. The Morgan fingerprint density at radius 1 is 1.04 bits per heavy atom. The molecule has 0 bridgehead atoms. The van der Waals surface area contributed by atoms with Gasteiger partial charge in [-0.25, -0.2) is 0 Å². The number of carbonyl (C=O) groups excluding carboxylic acids is 1. The van der Waals surface area contributed by atoms with Crippen LogP contribution in [0.2, 0.25) is 0 Å². The van der Waals surface area contributed by atoms with Crippen LogP contribution in [0.5, 0.6) is 11.5 Å². The molecular weight excluding hydrogens is 334 g/mol. The number of rotatable bonds is 8. The number of carboxylic acid groups (broad SMARTS) is 1. The Labute approximate surface area is 152 Å². The van der Waals surface area contributed by atoms with Crippen molar-refractivity contribution in [3.8, 4) is 11.5 Å². The quantitative estimate of drug-likeness (QED) is 0.759. The van der Waals surface area contributed by atoms with Gasteiger partial charge in [-0.05, 0) is 24.1 Å². The van der Waals surface area contributed by atoms with E-state index in [1.807, 2.05) is 6.07 Å². The molecule has 0 aliphatic carbocycles. The first kappa shape index (κ1) is 19.3. The van der Waals surface area contributed by atoms with E-state index in [2.05, 4.69) is 5.32 Å². The number of hydrogen-bond acceptors (Lipinski definition) is 4. The molecule has 0 aliphatic heterocycles. The van der Waals surface area contributed by atoms with E-state index in [0.29, 0.717) is 29.0 Å². The largest absolute Gasteiger partial charge is 0.497 e. The summed E-state index contributed by atoms with van der Waals surface area (Å²) in [7, 11) is 3.00. The lowest BCUT2D eigenvalue weighted by molar-refractivity contribution is -0.143. The monoisotopic (exact) mass is 357 g/mol. The highest BCUT2D eigenvalue weighted by Crippen LogP contribution is 2.28. The van der Waals surface area contributed by atoms with Crippen molar-refractivity contribution in [3.05, 3.63) is 59.7 Å². The van der Waals surface area contributed by atoms with E-state index in [1.54, 1.807) is 49.4 Å². The van der Waals surface area contributed by atoms with Gasteiger partial charge in [0.05, 0.1) is 14.2 Å². The van der Waals surface area contributed by atoms with Gasteiger partial charge in [-0.1, -0.05) is 37.3 Å². The van der Waals surface area contributed by atoms with Crippen molar-refractivity contribution >= 4 is 11.9 Å². The molecule has 6 nitrogen and oxygen atoms in total. The van der Waals surface area contributed by atoms with Gasteiger partial charge in [-0.3, -0.25) is 9.59 Å². The van der Waals surface area contributed by atoms with Crippen LogP contribution in [0.4, 0.5) is 0 Å². The van der Waals surface area contributed by atoms with Gasteiger partial charge in [-0.15, -0.1) is 0 Å².